The molecule has 25 heavy (non-hydrogen) atoms. The van der Waals surface area contributed by atoms with Gasteiger partial charge in [0.15, 0.2) is 5.03 Å². The monoisotopic (exact) mass is 362 g/mol. The van der Waals surface area contributed by atoms with E-state index in [-0.39, 0.29) is 23.4 Å². The van der Waals surface area contributed by atoms with Crippen LogP contribution in [0.2, 0.25) is 0 Å². The first-order valence-electron chi connectivity index (χ1n) is 8.39. The molecule has 1 fully saturated rings. The summed E-state index contributed by atoms with van der Waals surface area (Å²) in [6.45, 7) is 2.65. The van der Waals surface area contributed by atoms with E-state index in [0.717, 1.165) is 17.7 Å². The molecular weight excluding hydrogens is 340 g/mol. The van der Waals surface area contributed by atoms with E-state index in [1.807, 2.05) is 24.3 Å². The Morgan fingerprint density at radius 1 is 1.44 bits per heavy atom. The number of imidazole rings is 1. The molecule has 2 N–H and O–H groups in total. The molecule has 1 saturated heterocycles. The maximum Gasteiger partial charge on any atom is 0.260 e. The average molecular weight is 362 g/mol. The van der Waals surface area contributed by atoms with Crippen molar-refractivity contribution in [1.82, 2.24) is 14.3 Å². The van der Waals surface area contributed by atoms with E-state index < -0.39 is 10.0 Å². The van der Waals surface area contributed by atoms with Crippen molar-refractivity contribution in [2.75, 3.05) is 18.4 Å². The maximum absolute atomic E-state index is 12.6. The number of H-pyrrole nitrogens is 1. The summed E-state index contributed by atoms with van der Waals surface area (Å²) < 4.78 is 26.5. The molecule has 3 rings (SSSR count). The first-order chi connectivity index (χ1) is 12.0. The minimum Gasteiger partial charge on any atom is -0.335 e. The van der Waals surface area contributed by atoms with Crippen molar-refractivity contribution in [3.05, 3.63) is 42.4 Å². The minimum atomic E-state index is -3.63. The molecule has 2 aromatic rings. The molecule has 1 aliphatic heterocycles. The Kier molecular flexibility index (Phi) is 5.19. The van der Waals surface area contributed by atoms with Gasteiger partial charge in [-0.15, -0.1) is 0 Å². The van der Waals surface area contributed by atoms with E-state index in [2.05, 4.69) is 22.2 Å². The number of aryl methyl sites for hydroxylation is 1. The smallest absolute Gasteiger partial charge is 0.260 e. The van der Waals surface area contributed by atoms with Crippen LogP contribution in [0.25, 0.3) is 0 Å². The van der Waals surface area contributed by atoms with Gasteiger partial charge in [0.05, 0.1) is 18.4 Å². The predicted molar refractivity (Wildman–Crippen MR) is 94.5 cm³/mol. The van der Waals surface area contributed by atoms with Crippen molar-refractivity contribution in [2.45, 2.75) is 31.2 Å². The van der Waals surface area contributed by atoms with Gasteiger partial charge >= 0.3 is 0 Å². The van der Waals surface area contributed by atoms with E-state index in [1.165, 1.54) is 16.8 Å². The molecule has 0 saturated carbocycles. The number of benzene rings is 1. The van der Waals surface area contributed by atoms with Gasteiger partial charge in [0.25, 0.3) is 10.0 Å². The number of aromatic amines is 1. The largest absolute Gasteiger partial charge is 0.335 e. The molecular formula is C17H22N4O3S. The highest BCUT2D eigenvalue weighted by molar-refractivity contribution is 7.89. The van der Waals surface area contributed by atoms with E-state index in [4.69, 9.17) is 0 Å². The van der Waals surface area contributed by atoms with Crippen LogP contribution in [0.15, 0.2) is 41.8 Å². The number of piperidine rings is 1. The Labute approximate surface area is 147 Å². The number of aromatic nitrogens is 2. The Morgan fingerprint density at radius 2 is 2.28 bits per heavy atom. The minimum absolute atomic E-state index is 0.0594. The summed E-state index contributed by atoms with van der Waals surface area (Å²) in [7, 11) is -3.63. The zero-order chi connectivity index (χ0) is 17.9. The van der Waals surface area contributed by atoms with Gasteiger partial charge in [-0.2, -0.15) is 4.31 Å². The number of sulfonamides is 1. The molecule has 1 aromatic heterocycles. The number of rotatable bonds is 5. The lowest BCUT2D eigenvalue weighted by atomic mass is 9.98. The van der Waals surface area contributed by atoms with E-state index in [9.17, 15) is 13.2 Å². The van der Waals surface area contributed by atoms with Gasteiger partial charge in [-0.1, -0.05) is 19.1 Å². The molecule has 0 spiro atoms. The van der Waals surface area contributed by atoms with Gasteiger partial charge in [0.1, 0.15) is 0 Å². The second-order valence-electron chi connectivity index (χ2n) is 6.16. The number of carbonyl (C=O) groups is 1. The predicted octanol–water partition coefficient (Wildman–Crippen LogP) is 2.01. The normalized spacial score (nSPS) is 18.8. The van der Waals surface area contributed by atoms with Crippen LogP contribution >= 0.6 is 0 Å². The molecule has 0 aliphatic carbocycles. The van der Waals surface area contributed by atoms with Crippen LogP contribution in [0.5, 0.6) is 0 Å². The molecule has 2 heterocycles. The first kappa shape index (κ1) is 17.6. The van der Waals surface area contributed by atoms with Gasteiger partial charge in [-0.3, -0.25) is 4.79 Å². The molecule has 134 valence electrons. The first-order valence-corrected chi connectivity index (χ1v) is 9.83. The standard InChI is InChI=1S/C17H22N4O3S/c1-2-13-5-3-7-15(9-13)20-17(22)14-6-4-8-21(11-14)25(23,24)16-10-18-12-19-16/h3,5,7,9-10,12,14H,2,4,6,8,11H2,1H3,(H,18,19)(H,20,22)/t14-/m1/s1. The van der Waals surface area contributed by atoms with E-state index >= 15 is 0 Å². The highest BCUT2D eigenvalue weighted by Gasteiger charge is 2.34. The third kappa shape index (κ3) is 3.91. The second kappa shape index (κ2) is 7.37. The summed E-state index contributed by atoms with van der Waals surface area (Å²) in [5, 5.41) is 2.97. The molecule has 0 bridgehead atoms. The van der Waals surface area contributed by atoms with Crippen LogP contribution in [-0.4, -0.2) is 41.7 Å². The Bertz CT molecular complexity index is 833. The number of anilines is 1. The van der Waals surface area contributed by atoms with Crippen LogP contribution in [0.3, 0.4) is 0 Å². The summed E-state index contributed by atoms with van der Waals surface area (Å²) >= 11 is 0. The van der Waals surface area contributed by atoms with Crippen molar-refractivity contribution in [2.24, 2.45) is 5.92 Å². The molecule has 7 nitrogen and oxygen atoms in total. The van der Waals surface area contributed by atoms with Crippen LogP contribution in [0.1, 0.15) is 25.3 Å². The summed E-state index contributed by atoms with van der Waals surface area (Å²) in [5.74, 6) is -0.505. The number of amides is 1. The number of hydrogen-bond donors (Lipinski definition) is 2. The van der Waals surface area contributed by atoms with Gasteiger partial charge in [-0.05, 0) is 37.0 Å². The topological polar surface area (TPSA) is 95.2 Å². The van der Waals surface area contributed by atoms with E-state index in [1.54, 1.807) is 0 Å². The summed E-state index contributed by atoms with van der Waals surface area (Å²) in [4.78, 5) is 19.0. The fourth-order valence-electron chi connectivity index (χ4n) is 3.01. The lowest BCUT2D eigenvalue weighted by Crippen LogP contribution is -2.43. The van der Waals surface area contributed by atoms with Crippen molar-refractivity contribution >= 4 is 21.6 Å². The van der Waals surface area contributed by atoms with E-state index in [0.29, 0.717) is 19.4 Å². The van der Waals surface area contributed by atoms with Gasteiger partial charge < -0.3 is 10.3 Å². The average Bonchev–Trinajstić information content (AvgIpc) is 3.17. The molecule has 0 radical (unpaired) electrons. The summed E-state index contributed by atoms with van der Waals surface area (Å²) in [5.41, 5.74) is 1.89. The number of hydrogen-bond acceptors (Lipinski definition) is 4. The van der Waals surface area contributed by atoms with Crippen molar-refractivity contribution < 1.29 is 13.2 Å². The molecule has 8 heteroatoms. The highest BCUT2D eigenvalue weighted by atomic mass is 32.2. The summed E-state index contributed by atoms with van der Waals surface area (Å²) in [6, 6.07) is 7.71. The fraction of sp³-hybridized carbons (Fsp3) is 0.412. The van der Waals surface area contributed by atoms with Crippen LogP contribution in [0.4, 0.5) is 5.69 Å². The van der Waals surface area contributed by atoms with Gasteiger partial charge in [-0.25, -0.2) is 13.4 Å². The zero-order valence-electron chi connectivity index (χ0n) is 14.1. The molecule has 1 aromatic carbocycles. The quantitative estimate of drug-likeness (QED) is 0.850. The van der Waals surface area contributed by atoms with Gasteiger partial charge in [0, 0.05) is 18.8 Å². The second-order valence-corrected chi connectivity index (χ2v) is 8.07. The van der Waals surface area contributed by atoms with Gasteiger partial charge in [0.2, 0.25) is 5.91 Å². The van der Waals surface area contributed by atoms with Crippen molar-refractivity contribution in [1.29, 1.82) is 0 Å². The Hall–Kier alpha value is -2.19. The number of carbonyl (C=O) groups excluding carboxylic acids is 1. The fourth-order valence-corrected chi connectivity index (χ4v) is 4.43. The van der Waals surface area contributed by atoms with Crippen LogP contribution in [-0.2, 0) is 21.2 Å². The third-order valence-electron chi connectivity index (χ3n) is 4.45. The Balaban J connectivity index is 1.69. The summed E-state index contributed by atoms with van der Waals surface area (Å²) in [6.07, 6.45) is 4.84. The Morgan fingerprint density at radius 3 is 3.00 bits per heavy atom. The molecule has 1 aliphatic rings. The molecule has 0 unspecified atom stereocenters. The molecule has 1 atom stereocenters. The zero-order valence-corrected chi connectivity index (χ0v) is 14.9. The maximum atomic E-state index is 12.6. The highest BCUT2D eigenvalue weighted by Crippen LogP contribution is 2.24. The SMILES string of the molecule is CCc1cccc(NC(=O)[C@@H]2CCCN(S(=O)(=O)c3cnc[nH]3)C2)c1. The lowest BCUT2D eigenvalue weighted by Gasteiger charge is -2.30. The number of nitrogens with one attached hydrogen (secondary N) is 2. The van der Waals surface area contributed by atoms with Crippen LogP contribution < -0.4 is 5.32 Å². The van der Waals surface area contributed by atoms with Crippen molar-refractivity contribution in [3.8, 4) is 0 Å². The third-order valence-corrected chi connectivity index (χ3v) is 6.24. The van der Waals surface area contributed by atoms with Crippen LogP contribution in [0, 0.1) is 5.92 Å². The van der Waals surface area contributed by atoms with Crippen molar-refractivity contribution in [3.63, 3.8) is 0 Å². The molecule has 1 amide bonds. The lowest BCUT2D eigenvalue weighted by molar-refractivity contribution is -0.120. The number of nitrogens with zero attached hydrogens (tertiary/aromatic N) is 2.